The van der Waals surface area contributed by atoms with Crippen LogP contribution in [0.2, 0.25) is 19.6 Å². The number of nitrogens with zero attached hydrogens (tertiary/aromatic N) is 2. The first-order chi connectivity index (χ1) is 16.4. The van der Waals surface area contributed by atoms with Gasteiger partial charge in [0.2, 0.25) is 6.20 Å². The van der Waals surface area contributed by atoms with Crippen molar-refractivity contribution in [3.05, 3.63) is 107 Å². The zero-order chi connectivity index (χ0) is 24.0. The second kappa shape index (κ2) is 9.97. The van der Waals surface area contributed by atoms with Crippen LogP contribution in [0, 0.1) is 35.1 Å². The quantitative estimate of drug-likeness (QED) is 0.246. The third-order valence-corrected chi connectivity index (χ3v) is 5.52. The van der Waals surface area contributed by atoms with Gasteiger partial charge in [-0.1, -0.05) is 61.4 Å². The highest BCUT2D eigenvalue weighted by molar-refractivity contribution is 6.83. The van der Waals surface area contributed by atoms with Crippen molar-refractivity contribution in [2.75, 3.05) is 0 Å². The van der Waals surface area contributed by atoms with Crippen LogP contribution in [0.5, 0.6) is 5.95 Å². The number of rotatable bonds is 1. The highest BCUT2D eigenvalue weighted by atomic mass is 28.3. The Hall–Kier alpha value is -4.50. The average molecular weight is 459 g/mol. The maximum atomic E-state index is 11.3. The Kier molecular flexibility index (Phi) is 6.65. The van der Waals surface area contributed by atoms with Crippen molar-refractivity contribution in [2.45, 2.75) is 19.6 Å². The lowest BCUT2D eigenvalue weighted by molar-refractivity contribution is -0.670. The van der Waals surface area contributed by atoms with Crippen molar-refractivity contribution in [2.24, 2.45) is 0 Å². The minimum absolute atomic E-state index is 0.508. The molecule has 0 unspecified atom stereocenters. The maximum Gasteiger partial charge on any atom is 0.254 e. The lowest BCUT2D eigenvalue weighted by atomic mass is 10.1. The first kappa shape index (κ1) is 22.7. The van der Waals surface area contributed by atoms with E-state index in [4.69, 9.17) is 0 Å². The van der Waals surface area contributed by atoms with E-state index < -0.39 is 14.0 Å². The number of hydrogen-bond donors (Lipinski definition) is 0. The predicted molar refractivity (Wildman–Crippen MR) is 133 cm³/mol. The predicted octanol–water partition coefficient (Wildman–Crippen LogP) is 4.05. The number of benzene rings is 3. The van der Waals surface area contributed by atoms with Crippen LogP contribution in [0.1, 0.15) is 27.8 Å². The van der Waals surface area contributed by atoms with Crippen LogP contribution >= 0.6 is 0 Å². The first-order valence-corrected chi connectivity index (χ1v) is 14.3. The van der Waals surface area contributed by atoms with E-state index in [1.807, 2.05) is 72.8 Å². The zero-order valence-electron chi connectivity index (χ0n) is 19.2. The van der Waals surface area contributed by atoms with Gasteiger partial charge >= 0.3 is 0 Å². The van der Waals surface area contributed by atoms with Crippen molar-refractivity contribution in [1.82, 2.24) is 5.27 Å². The van der Waals surface area contributed by atoms with Gasteiger partial charge in [-0.15, -0.1) is 5.54 Å². The molecule has 0 fully saturated rings. The molecule has 0 amide bonds. The molecule has 0 aliphatic heterocycles. The molecule has 3 aromatic carbocycles. The third kappa shape index (κ3) is 6.27. The zero-order valence-corrected chi connectivity index (χ0v) is 20.2. The van der Waals surface area contributed by atoms with Gasteiger partial charge in [0.15, 0.2) is 0 Å². The fourth-order valence-electron chi connectivity index (χ4n) is 2.94. The SMILES string of the molecule is C[Si](C)(C)C#Cc1ccc(C#Cc2ccc(C#Cc3ccccc3-[n+]3cc([O-])on3)cc2)cc1. The summed E-state index contributed by atoms with van der Waals surface area (Å²) in [6.07, 6.45) is 1.28. The normalized spacial score (nSPS) is 10.2. The van der Waals surface area contributed by atoms with Crippen molar-refractivity contribution in [3.8, 4) is 46.8 Å². The lowest BCUT2D eigenvalue weighted by Crippen LogP contribution is -2.32. The number of aromatic nitrogens is 2. The highest BCUT2D eigenvalue weighted by Gasteiger charge is 2.13. The molecule has 34 heavy (non-hydrogen) atoms. The van der Waals surface area contributed by atoms with E-state index in [0.717, 1.165) is 27.8 Å². The monoisotopic (exact) mass is 458 g/mol. The molecule has 0 saturated heterocycles. The molecule has 0 bridgehead atoms. The molecular weight excluding hydrogens is 436 g/mol. The summed E-state index contributed by atoms with van der Waals surface area (Å²) in [7, 11) is -1.38. The molecule has 1 aromatic heterocycles. The van der Waals surface area contributed by atoms with E-state index in [1.165, 1.54) is 10.9 Å². The molecule has 0 N–H and O–H groups in total. The van der Waals surface area contributed by atoms with Crippen molar-refractivity contribution in [3.63, 3.8) is 0 Å². The number of hydrogen-bond acceptors (Lipinski definition) is 3. The van der Waals surface area contributed by atoms with E-state index in [1.54, 1.807) is 0 Å². The van der Waals surface area contributed by atoms with Gasteiger partial charge in [0, 0.05) is 28.3 Å². The van der Waals surface area contributed by atoms with E-state index in [9.17, 15) is 5.11 Å². The van der Waals surface area contributed by atoms with E-state index in [2.05, 4.69) is 64.6 Å². The Morgan fingerprint density at radius 3 is 1.71 bits per heavy atom. The van der Waals surface area contributed by atoms with Crippen LogP contribution in [0.25, 0.3) is 5.69 Å². The topological polar surface area (TPSA) is 53.0 Å². The summed E-state index contributed by atoms with van der Waals surface area (Å²) in [6, 6.07) is 23.3. The molecular formula is C29H22N2O2Si. The maximum absolute atomic E-state index is 11.3. The summed E-state index contributed by atoms with van der Waals surface area (Å²) in [5, 5.41) is 15.0. The fraction of sp³-hybridized carbons (Fsp3) is 0.103. The Bertz CT molecular complexity index is 1490. The first-order valence-electron chi connectivity index (χ1n) is 10.8. The molecule has 4 aromatic rings. The molecule has 0 spiro atoms. The molecule has 0 aliphatic carbocycles. The van der Waals surface area contributed by atoms with Crippen LogP contribution < -0.4 is 9.79 Å². The van der Waals surface area contributed by atoms with Gasteiger partial charge in [0.05, 0.1) is 10.8 Å². The van der Waals surface area contributed by atoms with Crippen LogP contribution in [0.3, 0.4) is 0 Å². The molecule has 0 aliphatic rings. The van der Waals surface area contributed by atoms with Gasteiger partial charge in [0.1, 0.15) is 14.0 Å². The summed E-state index contributed by atoms with van der Waals surface area (Å²) >= 11 is 0. The minimum atomic E-state index is -1.38. The smallest absolute Gasteiger partial charge is 0.254 e. The van der Waals surface area contributed by atoms with Crippen LogP contribution in [0.15, 0.2) is 83.5 Å². The second-order valence-electron chi connectivity index (χ2n) is 8.64. The summed E-state index contributed by atoms with van der Waals surface area (Å²) in [5.41, 5.74) is 8.54. The van der Waals surface area contributed by atoms with Crippen molar-refractivity contribution < 1.29 is 14.3 Å². The Morgan fingerprint density at radius 1 is 0.706 bits per heavy atom. The highest BCUT2D eigenvalue weighted by Crippen LogP contribution is 2.10. The standard InChI is InChI=1S/C29H22N2O2Si/c1-34(2,3)21-20-26-16-14-24(15-17-26)9-8-23-10-12-25(13-11-23)18-19-27-6-4-5-7-28(27)31-22-29(32)33-30-31/h4-7,10-17,22H,1-3H3. The third-order valence-electron chi connectivity index (χ3n) is 4.64. The second-order valence-corrected chi connectivity index (χ2v) is 13.4. The van der Waals surface area contributed by atoms with E-state index >= 15 is 0 Å². The van der Waals surface area contributed by atoms with Gasteiger partial charge < -0.3 is 9.63 Å². The molecule has 164 valence electrons. The summed E-state index contributed by atoms with van der Waals surface area (Å²) in [6.45, 7) is 6.70. The molecule has 4 rings (SSSR count). The van der Waals surface area contributed by atoms with Crippen LogP contribution in [0.4, 0.5) is 0 Å². The van der Waals surface area contributed by atoms with Gasteiger partial charge in [-0.2, -0.15) is 0 Å². The van der Waals surface area contributed by atoms with Gasteiger partial charge in [-0.3, -0.25) is 0 Å². The Labute approximate surface area is 200 Å². The van der Waals surface area contributed by atoms with Gasteiger partial charge in [-0.05, 0) is 59.3 Å². The van der Waals surface area contributed by atoms with E-state index in [-0.39, 0.29) is 0 Å². The average Bonchev–Trinajstić information content (AvgIpc) is 3.27. The summed E-state index contributed by atoms with van der Waals surface area (Å²) in [4.78, 5) is 0. The minimum Gasteiger partial charge on any atom is -0.539 e. The fourth-order valence-corrected chi connectivity index (χ4v) is 3.46. The van der Waals surface area contributed by atoms with Crippen LogP contribution in [-0.4, -0.2) is 13.3 Å². The number of para-hydroxylation sites is 1. The molecule has 0 atom stereocenters. The van der Waals surface area contributed by atoms with Crippen molar-refractivity contribution >= 4 is 8.07 Å². The van der Waals surface area contributed by atoms with Gasteiger partial charge in [-0.25, -0.2) is 0 Å². The largest absolute Gasteiger partial charge is 0.539 e. The molecule has 1 heterocycles. The van der Waals surface area contributed by atoms with Crippen molar-refractivity contribution in [1.29, 1.82) is 0 Å². The van der Waals surface area contributed by atoms with E-state index in [0.29, 0.717) is 5.69 Å². The van der Waals surface area contributed by atoms with Crippen LogP contribution in [-0.2, 0) is 0 Å². The van der Waals surface area contributed by atoms with Gasteiger partial charge in [0.25, 0.3) is 5.69 Å². The summed E-state index contributed by atoms with van der Waals surface area (Å²) in [5.74, 6) is 15.4. The lowest BCUT2D eigenvalue weighted by Gasteiger charge is -2.03. The molecule has 4 nitrogen and oxygen atoms in total. The summed E-state index contributed by atoms with van der Waals surface area (Å²) < 4.78 is 6.01. The Morgan fingerprint density at radius 2 is 1.21 bits per heavy atom. The molecule has 5 heteroatoms. The molecule has 0 saturated carbocycles. The Balaban J connectivity index is 1.47. The molecule has 0 radical (unpaired) electrons.